The summed E-state index contributed by atoms with van der Waals surface area (Å²) in [7, 11) is 2.04. The van der Waals surface area contributed by atoms with Gasteiger partial charge in [0.05, 0.1) is 17.9 Å². The van der Waals surface area contributed by atoms with E-state index in [2.05, 4.69) is 49.7 Å². The van der Waals surface area contributed by atoms with Crippen LogP contribution >= 0.6 is 0 Å². The van der Waals surface area contributed by atoms with Gasteiger partial charge in [0, 0.05) is 26.2 Å². The van der Waals surface area contributed by atoms with E-state index in [1.54, 1.807) is 0 Å². The van der Waals surface area contributed by atoms with Crippen LogP contribution in [0.25, 0.3) is 0 Å². The molecule has 2 aliphatic rings. The lowest BCUT2D eigenvalue weighted by molar-refractivity contribution is 0.658. The first kappa shape index (κ1) is 13.6. The Morgan fingerprint density at radius 2 is 1.95 bits per heavy atom. The second-order valence-corrected chi connectivity index (χ2v) is 6.51. The molecule has 5 heteroatoms. The van der Waals surface area contributed by atoms with Gasteiger partial charge in [-0.05, 0) is 38.3 Å². The number of rotatable bonds is 3. The highest BCUT2D eigenvalue weighted by Crippen LogP contribution is 2.42. The van der Waals surface area contributed by atoms with Crippen molar-refractivity contribution in [3.63, 3.8) is 0 Å². The molecule has 1 aromatic heterocycles. The maximum absolute atomic E-state index is 4.33. The number of anilines is 2. The fraction of sp³-hybridized carbons (Fsp3) is 0.529. The third-order valence-corrected chi connectivity index (χ3v) is 4.96. The van der Waals surface area contributed by atoms with Crippen molar-refractivity contribution in [1.82, 2.24) is 14.8 Å². The first-order valence-electron chi connectivity index (χ1n) is 8.11. The van der Waals surface area contributed by atoms with Gasteiger partial charge in [-0.1, -0.05) is 12.1 Å². The van der Waals surface area contributed by atoms with Crippen LogP contribution in [0, 0.1) is 13.8 Å². The van der Waals surface area contributed by atoms with Gasteiger partial charge in [-0.15, -0.1) is 10.2 Å². The van der Waals surface area contributed by atoms with Gasteiger partial charge < -0.3 is 14.4 Å². The molecule has 0 atom stereocenters. The first-order valence-corrected chi connectivity index (χ1v) is 8.11. The predicted octanol–water partition coefficient (Wildman–Crippen LogP) is 2.42. The van der Waals surface area contributed by atoms with Gasteiger partial charge in [-0.25, -0.2) is 0 Å². The van der Waals surface area contributed by atoms with Crippen molar-refractivity contribution in [3.8, 4) is 0 Å². The van der Waals surface area contributed by atoms with Crippen molar-refractivity contribution in [1.29, 1.82) is 0 Å². The highest BCUT2D eigenvalue weighted by molar-refractivity contribution is 5.77. The number of hydrogen-bond donors (Lipinski definition) is 0. The van der Waals surface area contributed by atoms with E-state index >= 15 is 0 Å². The molecule has 2 aromatic rings. The largest absolute Gasteiger partial charge is 0.365 e. The monoisotopic (exact) mass is 297 g/mol. The Hall–Kier alpha value is -2.04. The number of aromatic nitrogens is 3. The summed E-state index contributed by atoms with van der Waals surface area (Å²) in [5.74, 6) is 2.00. The van der Waals surface area contributed by atoms with E-state index in [4.69, 9.17) is 0 Å². The van der Waals surface area contributed by atoms with Crippen molar-refractivity contribution < 1.29 is 0 Å². The van der Waals surface area contributed by atoms with Crippen LogP contribution in [0.4, 0.5) is 11.4 Å². The first-order chi connectivity index (χ1) is 10.6. The molecule has 22 heavy (non-hydrogen) atoms. The number of hydrogen-bond acceptors (Lipinski definition) is 4. The molecule has 1 aliphatic heterocycles. The number of benzene rings is 1. The zero-order chi connectivity index (χ0) is 15.3. The van der Waals surface area contributed by atoms with Gasteiger partial charge in [0.25, 0.3) is 0 Å². The summed E-state index contributed by atoms with van der Waals surface area (Å²) in [5.41, 5.74) is 4.15. The summed E-state index contributed by atoms with van der Waals surface area (Å²) in [6.45, 7) is 7.22. The molecule has 0 saturated heterocycles. The molecular formula is C17H23N5. The van der Waals surface area contributed by atoms with Crippen LogP contribution in [-0.2, 0) is 13.6 Å². The molecule has 2 heterocycles. The SMILES string of the molecule is Cc1cccc2c1N(C1CC1)CCN2Cc1nnc(C)n1C. The Balaban J connectivity index is 1.69. The Labute approximate surface area is 131 Å². The van der Waals surface area contributed by atoms with Crippen molar-refractivity contribution in [2.45, 2.75) is 39.3 Å². The lowest BCUT2D eigenvalue weighted by Gasteiger charge is -2.40. The van der Waals surface area contributed by atoms with E-state index in [1.165, 1.54) is 29.8 Å². The maximum atomic E-state index is 4.33. The van der Waals surface area contributed by atoms with Crippen LogP contribution in [-0.4, -0.2) is 33.9 Å². The molecule has 1 fully saturated rings. The second-order valence-electron chi connectivity index (χ2n) is 6.51. The van der Waals surface area contributed by atoms with Gasteiger partial charge in [-0.2, -0.15) is 0 Å². The van der Waals surface area contributed by atoms with Gasteiger partial charge in [0.15, 0.2) is 5.82 Å². The van der Waals surface area contributed by atoms with Crippen LogP contribution in [0.15, 0.2) is 18.2 Å². The highest BCUT2D eigenvalue weighted by atomic mass is 15.3. The molecule has 4 rings (SSSR count). The normalized spacial score (nSPS) is 17.8. The molecule has 0 N–H and O–H groups in total. The van der Waals surface area contributed by atoms with Gasteiger partial charge in [-0.3, -0.25) is 0 Å². The summed E-state index contributed by atoms with van der Waals surface area (Å²) in [5, 5.41) is 8.51. The molecule has 0 unspecified atom stereocenters. The van der Waals surface area contributed by atoms with Crippen molar-refractivity contribution in [2.75, 3.05) is 22.9 Å². The Morgan fingerprint density at radius 1 is 1.14 bits per heavy atom. The van der Waals surface area contributed by atoms with Crippen molar-refractivity contribution in [3.05, 3.63) is 35.4 Å². The molecule has 5 nitrogen and oxygen atoms in total. The van der Waals surface area contributed by atoms with Crippen LogP contribution in [0.3, 0.4) is 0 Å². The lowest BCUT2D eigenvalue weighted by Crippen LogP contribution is -2.42. The summed E-state index contributed by atoms with van der Waals surface area (Å²) < 4.78 is 2.09. The minimum Gasteiger partial charge on any atom is -0.365 e. The molecule has 1 aliphatic carbocycles. The number of nitrogens with zero attached hydrogens (tertiary/aromatic N) is 5. The van der Waals surface area contributed by atoms with E-state index in [1.807, 2.05) is 14.0 Å². The van der Waals surface area contributed by atoms with Crippen LogP contribution < -0.4 is 9.80 Å². The third-order valence-electron chi connectivity index (χ3n) is 4.96. The van der Waals surface area contributed by atoms with E-state index in [9.17, 15) is 0 Å². The Bertz CT molecular complexity index is 701. The lowest BCUT2D eigenvalue weighted by atomic mass is 10.1. The van der Waals surface area contributed by atoms with Gasteiger partial charge in [0.1, 0.15) is 5.82 Å². The van der Waals surface area contributed by atoms with Crippen molar-refractivity contribution >= 4 is 11.4 Å². The average Bonchev–Trinajstić information content (AvgIpc) is 3.31. The van der Waals surface area contributed by atoms with E-state index in [0.717, 1.165) is 37.3 Å². The van der Waals surface area contributed by atoms with Crippen molar-refractivity contribution in [2.24, 2.45) is 7.05 Å². The molecule has 1 aromatic carbocycles. The Kier molecular flexibility index (Phi) is 3.10. The number of fused-ring (bicyclic) bond motifs is 1. The second kappa shape index (κ2) is 5.00. The van der Waals surface area contributed by atoms with E-state index in [0.29, 0.717) is 0 Å². The fourth-order valence-electron chi connectivity index (χ4n) is 3.41. The summed E-state index contributed by atoms with van der Waals surface area (Å²) in [4.78, 5) is 5.06. The average molecular weight is 297 g/mol. The Morgan fingerprint density at radius 3 is 2.64 bits per heavy atom. The summed E-state index contributed by atoms with van der Waals surface area (Å²) >= 11 is 0. The van der Waals surface area contributed by atoms with Crippen LogP contribution in [0.1, 0.15) is 30.1 Å². The maximum Gasteiger partial charge on any atom is 0.152 e. The minimum absolute atomic E-state index is 0.763. The van der Waals surface area contributed by atoms with Gasteiger partial charge >= 0.3 is 0 Å². The summed E-state index contributed by atoms with van der Waals surface area (Å²) in [6, 6.07) is 7.41. The molecule has 1 saturated carbocycles. The molecule has 0 bridgehead atoms. The zero-order valence-electron chi connectivity index (χ0n) is 13.6. The molecule has 0 amide bonds. The zero-order valence-corrected chi connectivity index (χ0v) is 13.6. The van der Waals surface area contributed by atoms with Gasteiger partial charge in [0.2, 0.25) is 0 Å². The smallest absolute Gasteiger partial charge is 0.152 e. The molecule has 0 spiro atoms. The molecule has 0 radical (unpaired) electrons. The van der Waals surface area contributed by atoms with E-state index < -0.39 is 0 Å². The number of aryl methyl sites for hydroxylation is 2. The highest BCUT2D eigenvalue weighted by Gasteiger charge is 2.35. The third kappa shape index (κ3) is 2.16. The topological polar surface area (TPSA) is 37.2 Å². The predicted molar refractivity (Wildman–Crippen MR) is 88.3 cm³/mol. The number of para-hydroxylation sites is 1. The summed E-state index contributed by atoms with van der Waals surface area (Å²) in [6.07, 6.45) is 2.69. The fourth-order valence-corrected chi connectivity index (χ4v) is 3.41. The molecule has 116 valence electrons. The molecular weight excluding hydrogens is 274 g/mol. The van der Waals surface area contributed by atoms with Crippen LogP contribution in [0.5, 0.6) is 0 Å². The minimum atomic E-state index is 0.763. The quantitative estimate of drug-likeness (QED) is 0.872. The standard InChI is InChI=1S/C17H23N5/c1-12-5-4-6-15-17(12)22(14-7-8-14)10-9-21(15)11-16-19-18-13(2)20(16)3/h4-6,14H,7-11H2,1-3H3. The van der Waals surface area contributed by atoms with E-state index in [-0.39, 0.29) is 0 Å². The van der Waals surface area contributed by atoms with Crippen LogP contribution in [0.2, 0.25) is 0 Å².